The smallest absolute Gasteiger partial charge is 0.322 e. The van der Waals surface area contributed by atoms with Crippen LogP contribution in [0.5, 0.6) is 0 Å². The lowest BCUT2D eigenvalue weighted by atomic mass is 9.82. The molecule has 2 fully saturated rings. The lowest BCUT2D eigenvalue weighted by Crippen LogP contribution is -2.59. The van der Waals surface area contributed by atoms with Crippen LogP contribution in [0.1, 0.15) is 48.0 Å². The molecule has 0 saturated carbocycles. The third-order valence-corrected chi connectivity index (χ3v) is 5.92. The summed E-state index contributed by atoms with van der Waals surface area (Å²) in [6.07, 6.45) is 4.47. The molecule has 2 aromatic carbocycles. The van der Waals surface area contributed by atoms with E-state index in [1.807, 2.05) is 36.1 Å². The number of carbonyl (C=O) groups is 2. The van der Waals surface area contributed by atoms with Gasteiger partial charge in [-0.1, -0.05) is 17.7 Å². The maximum Gasteiger partial charge on any atom is 0.322 e. The molecule has 2 bridgehead atoms. The highest BCUT2D eigenvalue weighted by Crippen LogP contribution is 2.34. The minimum absolute atomic E-state index is 0.0546. The second kappa shape index (κ2) is 8.23. The average molecular weight is 395 g/mol. The lowest BCUT2D eigenvalue weighted by Gasteiger charge is -2.48. The van der Waals surface area contributed by atoms with Gasteiger partial charge in [0.25, 0.3) is 5.91 Å². The van der Waals surface area contributed by atoms with Gasteiger partial charge in [-0.25, -0.2) is 9.18 Å². The first-order chi connectivity index (χ1) is 14.0. The molecule has 2 atom stereocenters. The normalized spacial score (nSPS) is 23.4. The van der Waals surface area contributed by atoms with Crippen molar-refractivity contribution in [3.05, 3.63) is 65.5 Å². The third kappa shape index (κ3) is 4.42. The topological polar surface area (TPSA) is 61.4 Å². The lowest BCUT2D eigenvalue weighted by molar-refractivity contribution is 0.0577. The molecule has 2 saturated heterocycles. The van der Waals surface area contributed by atoms with E-state index in [9.17, 15) is 14.0 Å². The van der Waals surface area contributed by atoms with Crippen LogP contribution in [0.3, 0.4) is 0 Å². The van der Waals surface area contributed by atoms with Gasteiger partial charge < -0.3 is 15.5 Å². The number of nitrogens with one attached hydrogen (secondary N) is 2. The number of piperidine rings is 2. The fraction of sp³-hybridized carbons (Fsp3) is 0.391. The van der Waals surface area contributed by atoms with Crippen LogP contribution in [-0.4, -0.2) is 35.0 Å². The van der Waals surface area contributed by atoms with Gasteiger partial charge in [0.2, 0.25) is 0 Å². The average Bonchev–Trinajstić information content (AvgIpc) is 2.69. The summed E-state index contributed by atoms with van der Waals surface area (Å²) < 4.78 is 13.1. The second-order valence-electron chi connectivity index (χ2n) is 8.09. The van der Waals surface area contributed by atoms with Crippen molar-refractivity contribution in [3.8, 4) is 0 Å². The van der Waals surface area contributed by atoms with Crippen molar-refractivity contribution in [1.29, 1.82) is 0 Å². The zero-order valence-corrected chi connectivity index (χ0v) is 16.5. The summed E-state index contributed by atoms with van der Waals surface area (Å²) in [5, 5.41) is 6.06. The van der Waals surface area contributed by atoms with Crippen LogP contribution in [0.2, 0.25) is 0 Å². The Kier molecular flexibility index (Phi) is 5.51. The van der Waals surface area contributed by atoms with E-state index < -0.39 is 0 Å². The van der Waals surface area contributed by atoms with Crippen molar-refractivity contribution < 1.29 is 14.0 Å². The summed E-state index contributed by atoms with van der Waals surface area (Å²) in [6, 6.07) is 13.5. The van der Waals surface area contributed by atoms with Crippen LogP contribution in [-0.2, 0) is 0 Å². The number of amides is 3. The van der Waals surface area contributed by atoms with E-state index >= 15 is 0 Å². The number of hydrogen-bond acceptors (Lipinski definition) is 2. The molecular weight excluding hydrogens is 369 g/mol. The molecule has 2 aromatic rings. The summed E-state index contributed by atoms with van der Waals surface area (Å²) in [6.45, 7) is 1.97. The second-order valence-corrected chi connectivity index (χ2v) is 8.09. The summed E-state index contributed by atoms with van der Waals surface area (Å²) >= 11 is 0. The van der Waals surface area contributed by atoms with E-state index in [0.29, 0.717) is 11.3 Å². The van der Waals surface area contributed by atoms with E-state index in [4.69, 9.17) is 0 Å². The first-order valence-corrected chi connectivity index (χ1v) is 10.2. The van der Waals surface area contributed by atoms with E-state index in [-0.39, 0.29) is 35.9 Å². The number of benzene rings is 2. The number of urea groups is 1. The number of anilines is 1. The SMILES string of the molecule is Cc1cccc(C(=O)NC2CC3CCCC(C2)N3C(=O)Nc2ccc(F)cc2)c1. The van der Waals surface area contributed by atoms with Gasteiger partial charge in [0, 0.05) is 29.4 Å². The fourth-order valence-electron chi connectivity index (χ4n) is 4.61. The Hall–Kier alpha value is -2.89. The molecule has 5 nitrogen and oxygen atoms in total. The van der Waals surface area contributed by atoms with Crippen molar-refractivity contribution in [2.24, 2.45) is 0 Å². The van der Waals surface area contributed by atoms with Gasteiger partial charge in [0.1, 0.15) is 5.82 Å². The highest BCUT2D eigenvalue weighted by molar-refractivity contribution is 5.94. The van der Waals surface area contributed by atoms with Crippen molar-refractivity contribution in [2.45, 2.75) is 57.2 Å². The van der Waals surface area contributed by atoms with Crippen molar-refractivity contribution >= 4 is 17.6 Å². The number of nitrogens with zero attached hydrogens (tertiary/aromatic N) is 1. The Morgan fingerprint density at radius 1 is 1.03 bits per heavy atom. The Morgan fingerprint density at radius 3 is 2.38 bits per heavy atom. The van der Waals surface area contributed by atoms with E-state index in [0.717, 1.165) is 37.7 Å². The Balaban J connectivity index is 1.41. The van der Waals surface area contributed by atoms with E-state index in [1.165, 1.54) is 12.1 Å². The van der Waals surface area contributed by atoms with Crippen LogP contribution in [0.15, 0.2) is 48.5 Å². The molecule has 4 rings (SSSR count). The predicted molar refractivity (Wildman–Crippen MR) is 110 cm³/mol. The summed E-state index contributed by atoms with van der Waals surface area (Å²) in [7, 11) is 0. The first-order valence-electron chi connectivity index (χ1n) is 10.2. The molecule has 2 aliphatic rings. The molecule has 2 aliphatic heterocycles. The number of aryl methyl sites for hydroxylation is 1. The minimum atomic E-state index is -0.329. The zero-order valence-electron chi connectivity index (χ0n) is 16.5. The van der Waals surface area contributed by atoms with Gasteiger partial charge in [0.05, 0.1) is 0 Å². The van der Waals surface area contributed by atoms with Crippen LogP contribution >= 0.6 is 0 Å². The Labute approximate surface area is 170 Å². The molecule has 3 amide bonds. The fourth-order valence-corrected chi connectivity index (χ4v) is 4.61. The molecule has 29 heavy (non-hydrogen) atoms. The van der Waals surface area contributed by atoms with Crippen molar-refractivity contribution in [2.75, 3.05) is 5.32 Å². The van der Waals surface area contributed by atoms with Gasteiger partial charge >= 0.3 is 6.03 Å². The van der Waals surface area contributed by atoms with Crippen molar-refractivity contribution in [1.82, 2.24) is 10.2 Å². The number of hydrogen-bond donors (Lipinski definition) is 2. The highest BCUT2D eigenvalue weighted by Gasteiger charge is 2.41. The largest absolute Gasteiger partial charge is 0.349 e. The van der Waals surface area contributed by atoms with Gasteiger partial charge in [-0.3, -0.25) is 4.79 Å². The van der Waals surface area contributed by atoms with Gasteiger partial charge in [-0.05, 0) is 75.4 Å². The number of rotatable bonds is 3. The molecule has 2 N–H and O–H groups in total. The number of halogens is 1. The molecule has 152 valence electrons. The Morgan fingerprint density at radius 2 is 1.72 bits per heavy atom. The quantitative estimate of drug-likeness (QED) is 0.805. The molecule has 2 heterocycles. The molecule has 0 radical (unpaired) electrons. The standard InChI is InChI=1S/C23H26FN3O2/c1-15-4-2-5-16(12-15)22(28)25-19-13-20-6-3-7-21(14-19)27(20)23(29)26-18-10-8-17(24)9-11-18/h2,4-5,8-12,19-21H,3,6-7,13-14H2,1H3,(H,25,28)(H,26,29). The van der Waals surface area contributed by atoms with Gasteiger partial charge in [0.15, 0.2) is 0 Å². The summed E-state index contributed by atoms with van der Waals surface area (Å²) in [5.41, 5.74) is 2.32. The third-order valence-electron chi connectivity index (χ3n) is 5.92. The van der Waals surface area contributed by atoms with E-state index in [2.05, 4.69) is 10.6 Å². The van der Waals surface area contributed by atoms with E-state index in [1.54, 1.807) is 12.1 Å². The first kappa shape index (κ1) is 19.4. The number of carbonyl (C=O) groups excluding carboxylic acids is 2. The monoisotopic (exact) mass is 395 g/mol. The van der Waals surface area contributed by atoms with Crippen LogP contribution in [0, 0.1) is 12.7 Å². The molecule has 0 aromatic heterocycles. The van der Waals surface area contributed by atoms with Crippen LogP contribution in [0.4, 0.5) is 14.9 Å². The predicted octanol–water partition coefficient (Wildman–Crippen LogP) is 4.48. The van der Waals surface area contributed by atoms with Gasteiger partial charge in [-0.2, -0.15) is 0 Å². The zero-order chi connectivity index (χ0) is 20.4. The van der Waals surface area contributed by atoms with Gasteiger partial charge in [-0.15, -0.1) is 0 Å². The molecule has 0 aliphatic carbocycles. The highest BCUT2D eigenvalue weighted by atomic mass is 19.1. The van der Waals surface area contributed by atoms with Crippen LogP contribution in [0.25, 0.3) is 0 Å². The molecular formula is C23H26FN3O2. The molecule has 0 spiro atoms. The minimum Gasteiger partial charge on any atom is -0.349 e. The maximum atomic E-state index is 13.1. The molecule has 6 heteroatoms. The summed E-state index contributed by atoms with van der Waals surface area (Å²) in [4.78, 5) is 27.5. The molecule has 2 unspecified atom stereocenters. The Bertz CT molecular complexity index is 885. The van der Waals surface area contributed by atoms with Crippen molar-refractivity contribution in [3.63, 3.8) is 0 Å². The van der Waals surface area contributed by atoms with Crippen LogP contribution < -0.4 is 10.6 Å². The maximum absolute atomic E-state index is 13.1. The number of fused-ring (bicyclic) bond motifs is 2. The summed E-state index contributed by atoms with van der Waals surface area (Å²) in [5.74, 6) is -0.383.